The third-order valence-corrected chi connectivity index (χ3v) is 6.82. The predicted octanol–water partition coefficient (Wildman–Crippen LogP) is 4.82. The Bertz CT molecular complexity index is 1640. The minimum absolute atomic E-state index is 0.109. The molecule has 4 aromatic rings. The molecule has 1 saturated heterocycles. The molecule has 0 saturated carbocycles. The molecule has 0 atom stereocenters. The number of anilines is 2. The summed E-state index contributed by atoms with van der Waals surface area (Å²) in [4.78, 5) is 45.1. The fraction of sp³-hybridized carbons (Fsp3) is 0.375. The normalized spacial score (nSPS) is 14.0. The van der Waals surface area contributed by atoms with Crippen molar-refractivity contribution in [3.05, 3.63) is 60.4 Å². The first-order valence-corrected chi connectivity index (χ1v) is 14.2. The molecule has 0 radical (unpaired) electrons. The van der Waals surface area contributed by atoms with Crippen LogP contribution in [0.15, 0.2) is 54.9 Å². The SMILES string of the molecule is CC(C)(C)OC(=O)Nc1ncc(-c2nc(N3CCOCC3)c3ccc(-c4cccc(CC(=O)C(C)(C)O)c4)cc3n2)cn1. The number of hydrogen-bond acceptors (Lipinski definition) is 10. The molecule has 1 fully saturated rings. The number of nitrogens with one attached hydrogen (secondary N) is 1. The molecule has 1 aliphatic heterocycles. The van der Waals surface area contributed by atoms with Crippen LogP contribution in [0.3, 0.4) is 0 Å². The van der Waals surface area contributed by atoms with Crippen molar-refractivity contribution < 1.29 is 24.2 Å². The largest absolute Gasteiger partial charge is 0.444 e. The molecule has 11 heteroatoms. The molecule has 43 heavy (non-hydrogen) atoms. The molecule has 0 unspecified atom stereocenters. The van der Waals surface area contributed by atoms with Gasteiger partial charge in [-0.2, -0.15) is 0 Å². The molecule has 0 bridgehead atoms. The molecule has 5 rings (SSSR count). The van der Waals surface area contributed by atoms with Gasteiger partial charge in [0.25, 0.3) is 0 Å². The van der Waals surface area contributed by atoms with Gasteiger partial charge in [-0.25, -0.2) is 24.7 Å². The number of ether oxygens (including phenoxy) is 2. The zero-order valence-electron chi connectivity index (χ0n) is 25.0. The van der Waals surface area contributed by atoms with E-state index in [2.05, 4.69) is 20.2 Å². The zero-order valence-corrected chi connectivity index (χ0v) is 25.0. The molecule has 1 amide bonds. The van der Waals surface area contributed by atoms with Crippen LogP contribution in [0.2, 0.25) is 0 Å². The van der Waals surface area contributed by atoms with Crippen molar-refractivity contribution >= 4 is 34.5 Å². The lowest BCUT2D eigenvalue weighted by molar-refractivity contribution is -0.133. The summed E-state index contributed by atoms with van der Waals surface area (Å²) in [5.41, 5.74) is 1.96. The fourth-order valence-corrected chi connectivity index (χ4v) is 4.60. The van der Waals surface area contributed by atoms with E-state index >= 15 is 0 Å². The molecule has 2 aromatic heterocycles. The van der Waals surface area contributed by atoms with Crippen molar-refractivity contribution in [2.45, 2.75) is 52.2 Å². The Morgan fingerprint density at radius 1 is 0.953 bits per heavy atom. The van der Waals surface area contributed by atoms with Crippen molar-refractivity contribution in [3.63, 3.8) is 0 Å². The molecule has 1 aliphatic rings. The Kier molecular flexibility index (Phi) is 8.38. The number of carbonyl (C=O) groups excluding carboxylic acids is 2. The standard InChI is InChI=1S/C32H36N6O5/c1-31(2,3)43-30(40)37-29-33-18-23(19-34-29)27-35-25-17-22(9-10-24(25)28(36-27)38-11-13-42-14-12-38)21-8-6-7-20(15-21)16-26(39)32(4,5)41/h6-10,15,17-19,41H,11-14,16H2,1-5H3,(H,33,34,37,40). The minimum atomic E-state index is -1.39. The molecule has 11 nitrogen and oxygen atoms in total. The summed E-state index contributed by atoms with van der Waals surface area (Å²) in [5, 5.41) is 13.5. The summed E-state index contributed by atoms with van der Waals surface area (Å²) in [6, 6.07) is 13.8. The Labute approximate surface area is 250 Å². The first kappa shape index (κ1) is 30.0. The molecular formula is C32H36N6O5. The van der Waals surface area contributed by atoms with E-state index in [0.717, 1.165) is 33.4 Å². The monoisotopic (exact) mass is 584 g/mol. The van der Waals surface area contributed by atoms with Crippen LogP contribution < -0.4 is 10.2 Å². The van der Waals surface area contributed by atoms with E-state index < -0.39 is 17.3 Å². The second kappa shape index (κ2) is 12.0. The topological polar surface area (TPSA) is 140 Å². The van der Waals surface area contributed by atoms with Crippen LogP contribution in [-0.2, 0) is 20.7 Å². The van der Waals surface area contributed by atoms with Crippen LogP contribution in [-0.4, -0.2) is 74.4 Å². The fourth-order valence-electron chi connectivity index (χ4n) is 4.60. The van der Waals surface area contributed by atoms with Gasteiger partial charge in [-0.3, -0.25) is 10.1 Å². The number of aliphatic hydroxyl groups is 1. The highest BCUT2D eigenvalue weighted by Gasteiger charge is 2.24. The molecule has 0 aliphatic carbocycles. The number of rotatable bonds is 7. The van der Waals surface area contributed by atoms with Crippen LogP contribution in [0.4, 0.5) is 16.6 Å². The van der Waals surface area contributed by atoms with Crippen LogP contribution >= 0.6 is 0 Å². The number of fused-ring (bicyclic) bond motifs is 1. The maximum Gasteiger partial charge on any atom is 0.414 e. The van der Waals surface area contributed by atoms with Gasteiger partial charge < -0.3 is 19.5 Å². The van der Waals surface area contributed by atoms with Crippen molar-refractivity contribution in [1.82, 2.24) is 19.9 Å². The second-order valence-corrected chi connectivity index (χ2v) is 12.0. The maximum atomic E-state index is 12.4. The van der Waals surface area contributed by atoms with E-state index in [1.807, 2.05) is 42.5 Å². The van der Waals surface area contributed by atoms with Crippen molar-refractivity contribution in [2.75, 3.05) is 36.5 Å². The number of nitrogens with zero attached hydrogens (tertiary/aromatic N) is 5. The molecule has 0 spiro atoms. The van der Waals surface area contributed by atoms with Gasteiger partial charge in [0.2, 0.25) is 5.95 Å². The number of hydrogen-bond donors (Lipinski definition) is 2. The number of morpholine rings is 1. The highest BCUT2D eigenvalue weighted by Crippen LogP contribution is 2.32. The summed E-state index contributed by atoms with van der Waals surface area (Å²) in [6.45, 7) is 10.9. The highest BCUT2D eigenvalue weighted by molar-refractivity contribution is 5.94. The van der Waals surface area contributed by atoms with Gasteiger partial charge in [0, 0.05) is 37.3 Å². The maximum absolute atomic E-state index is 12.4. The Hall–Kier alpha value is -4.48. The number of Topliss-reactive ketones (excluding diaryl/α,β-unsaturated/α-hetero) is 1. The van der Waals surface area contributed by atoms with Gasteiger partial charge >= 0.3 is 6.09 Å². The van der Waals surface area contributed by atoms with E-state index in [4.69, 9.17) is 19.4 Å². The Morgan fingerprint density at radius 3 is 2.33 bits per heavy atom. The van der Waals surface area contributed by atoms with E-state index in [0.29, 0.717) is 37.7 Å². The van der Waals surface area contributed by atoms with Crippen molar-refractivity contribution in [3.8, 4) is 22.5 Å². The molecule has 224 valence electrons. The van der Waals surface area contributed by atoms with E-state index in [-0.39, 0.29) is 18.2 Å². The predicted molar refractivity (Wildman–Crippen MR) is 164 cm³/mol. The number of benzene rings is 2. The lowest BCUT2D eigenvalue weighted by Crippen LogP contribution is -2.37. The van der Waals surface area contributed by atoms with Gasteiger partial charge in [0.15, 0.2) is 11.6 Å². The zero-order chi connectivity index (χ0) is 30.8. The van der Waals surface area contributed by atoms with Gasteiger partial charge in [0.05, 0.1) is 24.3 Å². The Morgan fingerprint density at radius 2 is 1.65 bits per heavy atom. The van der Waals surface area contributed by atoms with Gasteiger partial charge in [-0.1, -0.05) is 30.3 Å². The first-order valence-electron chi connectivity index (χ1n) is 14.2. The molecule has 3 heterocycles. The summed E-state index contributed by atoms with van der Waals surface area (Å²) in [5.74, 6) is 1.09. The highest BCUT2D eigenvalue weighted by atomic mass is 16.6. The third-order valence-electron chi connectivity index (χ3n) is 6.82. The summed E-state index contributed by atoms with van der Waals surface area (Å²) < 4.78 is 10.8. The van der Waals surface area contributed by atoms with Crippen molar-refractivity contribution in [2.24, 2.45) is 0 Å². The van der Waals surface area contributed by atoms with E-state index in [1.165, 1.54) is 13.8 Å². The molecule has 2 aromatic carbocycles. The van der Waals surface area contributed by atoms with Crippen LogP contribution in [0.1, 0.15) is 40.2 Å². The van der Waals surface area contributed by atoms with Crippen LogP contribution in [0.5, 0.6) is 0 Å². The lowest BCUT2D eigenvalue weighted by Gasteiger charge is -2.29. The van der Waals surface area contributed by atoms with Gasteiger partial charge in [-0.05, 0) is 63.4 Å². The van der Waals surface area contributed by atoms with Crippen LogP contribution in [0.25, 0.3) is 33.4 Å². The number of aromatic nitrogens is 4. The van der Waals surface area contributed by atoms with E-state index in [9.17, 15) is 14.7 Å². The summed E-state index contributed by atoms with van der Waals surface area (Å²) >= 11 is 0. The number of ketones is 1. The van der Waals surface area contributed by atoms with Gasteiger partial charge in [0.1, 0.15) is 17.0 Å². The Balaban J connectivity index is 1.50. The molecular weight excluding hydrogens is 548 g/mol. The average molecular weight is 585 g/mol. The van der Waals surface area contributed by atoms with E-state index in [1.54, 1.807) is 33.2 Å². The van der Waals surface area contributed by atoms with Crippen molar-refractivity contribution in [1.29, 1.82) is 0 Å². The van der Waals surface area contributed by atoms with Gasteiger partial charge in [-0.15, -0.1) is 0 Å². The second-order valence-electron chi connectivity index (χ2n) is 12.0. The molecule has 2 N–H and O–H groups in total. The first-order chi connectivity index (χ1) is 20.4. The lowest BCUT2D eigenvalue weighted by atomic mass is 9.95. The third kappa shape index (κ3) is 7.49. The minimum Gasteiger partial charge on any atom is -0.444 e. The van der Waals surface area contributed by atoms with Crippen LogP contribution in [0, 0.1) is 0 Å². The average Bonchev–Trinajstić information content (AvgIpc) is 2.96. The number of amides is 1. The summed E-state index contributed by atoms with van der Waals surface area (Å²) in [7, 11) is 0. The quantitative estimate of drug-likeness (QED) is 0.311. The summed E-state index contributed by atoms with van der Waals surface area (Å²) in [6.07, 6.45) is 2.63. The number of carbonyl (C=O) groups is 2. The smallest absolute Gasteiger partial charge is 0.414 e.